The Morgan fingerprint density at radius 1 is 1.67 bits per heavy atom. The maximum absolute atomic E-state index is 12.2. The fourth-order valence-electron chi connectivity index (χ4n) is 2.32. The van der Waals surface area contributed by atoms with E-state index in [1.807, 2.05) is 6.92 Å². The van der Waals surface area contributed by atoms with Crippen LogP contribution in [0.25, 0.3) is 0 Å². The average Bonchev–Trinajstić information content (AvgIpc) is 3.04. The summed E-state index contributed by atoms with van der Waals surface area (Å²) in [5.74, 6) is 0.649. The van der Waals surface area contributed by atoms with Gasteiger partial charge in [0, 0.05) is 19.6 Å². The lowest BCUT2D eigenvalue weighted by atomic mass is 10.1. The molecule has 0 spiro atoms. The van der Waals surface area contributed by atoms with E-state index in [0.29, 0.717) is 24.4 Å². The minimum absolute atomic E-state index is 0.0849. The van der Waals surface area contributed by atoms with Gasteiger partial charge < -0.3 is 9.47 Å². The molecule has 5 heteroatoms. The fourth-order valence-corrected chi connectivity index (χ4v) is 2.32. The van der Waals surface area contributed by atoms with Gasteiger partial charge in [0.2, 0.25) is 0 Å². The van der Waals surface area contributed by atoms with Gasteiger partial charge >= 0.3 is 0 Å². The van der Waals surface area contributed by atoms with Crippen molar-refractivity contribution >= 4 is 5.78 Å². The summed E-state index contributed by atoms with van der Waals surface area (Å²) in [6.45, 7) is 3.46. The van der Waals surface area contributed by atoms with Gasteiger partial charge in [0.15, 0.2) is 11.5 Å². The molecule has 0 aromatic carbocycles. The van der Waals surface area contributed by atoms with Crippen LogP contribution in [0.15, 0.2) is 6.20 Å². The standard InChI is InChI=1S/C13H20N2O3/c1-3-15-13(12(17-2)9-14-15)11(16)7-6-10-5-4-8-18-10/h9-10H,3-8H2,1-2H3. The van der Waals surface area contributed by atoms with Crippen molar-refractivity contribution in [2.45, 2.75) is 45.3 Å². The van der Waals surface area contributed by atoms with Crippen LogP contribution in [-0.2, 0) is 11.3 Å². The predicted molar refractivity (Wildman–Crippen MR) is 67.0 cm³/mol. The van der Waals surface area contributed by atoms with Crippen molar-refractivity contribution < 1.29 is 14.3 Å². The highest BCUT2D eigenvalue weighted by molar-refractivity contribution is 5.97. The number of hydrogen-bond acceptors (Lipinski definition) is 4. The number of Topliss-reactive ketones (excluding diaryl/α,β-unsaturated/α-hetero) is 1. The van der Waals surface area contributed by atoms with Crippen LogP contribution in [0.4, 0.5) is 0 Å². The maximum Gasteiger partial charge on any atom is 0.184 e. The van der Waals surface area contributed by atoms with Gasteiger partial charge in [-0.05, 0) is 26.2 Å². The lowest BCUT2D eigenvalue weighted by Gasteiger charge is -2.09. The molecule has 1 fully saturated rings. The van der Waals surface area contributed by atoms with Crippen molar-refractivity contribution in [3.8, 4) is 5.75 Å². The quantitative estimate of drug-likeness (QED) is 0.727. The van der Waals surface area contributed by atoms with Crippen LogP contribution in [0, 0.1) is 0 Å². The third kappa shape index (κ3) is 2.72. The van der Waals surface area contributed by atoms with Crippen LogP contribution < -0.4 is 4.74 Å². The Kier molecular flexibility index (Phi) is 4.36. The molecule has 100 valence electrons. The normalized spacial score (nSPS) is 19.1. The Balaban J connectivity index is 2.00. The highest BCUT2D eigenvalue weighted by atomic mass is 16.5. The second-order valence-electron chi connectivity index (χ2n) is 4.47. The largest absolute Gasteiger partial charge is 0.493 e. The summed E-state index contributed by atoms with van der Waals surface area (Å²) in [6.07, 6.45) is 5.30. The Labute approximate surface area is 107 Å². The van der Waals surface area contributed by atoms with Crippen LogP contribution in [-0.4, -0.2) is 35.4 Å². The van der Waals surface area contributed by atoms with Crippen molar-refractivity contribution in [3.63, 3.8) is 0 Å². The molecular weight excluding hydrogens is 232 g/mol. The van der Waals surface area contributed by atoms with E-state index < -0.39 is 0 Å². The first kappa shape index (κ1) is 13.1. The molecule has 2 rings (SSSR count). The summed E-state index contributed by atoms with van der Waals surface area (Å²) in [5.41, 5.74) is 0.581. The van der Waals surface area contributed by atoms with Crippen LogP contribution in [0.3, 0.4) is 0 Å². The molecule has 0 N–H and O–H groups in total. The smallest absolute Gasteiger partial charge is 0.184 e. The lowest BCUT2D eigenvalue weighted by Crippen LogP contribution is -2.13. The zero-order valence-corrected chi connectivity index (χ0v) is 11.0. The molecule has 1 aromatic heterocycles. The van der Waals surface area contributed by atoms with Crippen LogP contribution >= 0.6 is 0 Å². The number of aryl methyl sites for hydroxylation is 1. The Morgan fingerprint density at radius 3 is 3.11 bits per heavy atom. The molecule has 18 heavy (non-hydrogen) atoms. The Bertz CT molecular complexity index is 387. The van der Waals surface area contributed by atoms with E-state index >= 15 is 0 Å². The second-order valence-corrected chi connectivity index (χ2v) is 4.47. The lowest BCUT2D eigenvalue weighted by molar-refractivity contribution is 0.0850. The molecule has 0 bridgehead atoms. The molecule has 1 aromatic rings. The van der Waals surface area contributed by atoms with Crippen molar-refractivity contribution in [2.75, 3.05) is 13.7 Å². The number of nitrogens with zero attached hydrogens (tertiary/aromatic N) is 2. The van der Waals surface area contributed by atoms with E-state index in [-0.39, 0.29) is 11.9 Å². The van der Waals surface area contributed by atoms with Crippen LogP contribution in [0.5, 0.6) is 5.75 Å². The van der Waals surface area contributed by atoms with Crippen LogP contribution in [0.2, 0.25) is 0 Å². The third-order valence-corrected chi connectivity index (χ3v) is 3.31. The second kappa shape index (κ2) is 6.00. The summed E-state index contributed by atoms with van der Waals surface area (Å²) >= 11 is 0. The van der Waals surface area contributed by atoms with E-state index in [9.17, 15) is 4.79 Å². The first-order valence-corrected chi connectivity index (χ1v) is 6.50. The average molecular weight is 252 g/mol. The highest BCUT2D eigenvalue weighted by Gasteiger charge is 2.21. The van der Waals surface area contributed by atoms with Gasteiger partial charge in [-0.15, -0.1) is 0 Å². The third-order valence-electron chi connectivity index (χ3n) is 3.31. The van der Waals surface area contributed by atoms with E-state index in [2.05, 4.69) is 5.10 Å². The van der Waals surface area contributed by atoms with Crippen LogP contribution in [0.1, 0.15) is 43.1 Å². The topological polar surface area (TPSA) is 53.4 Å². The number of aromatic nitrogens is 2. The number of carbonyl (C=O) groups is 1. The minimum Gasteiger partial charge on any atom is -0.493 e. The van der Waals surface area contributed by atoms with E-state index in [4.69, 9.17) is 9.47 Å². The maximum atomic E-state index is 12.2. The summed E-state index contributed by atoms with van der Waals surface area (Å²) in [5, 5.41) is 4.15. The number of ketones is 1. The summed E-state index contributed by atoms with van der Waals surface area (Å²) in [4.78, 5) is 12.2. The molecule has 1 saturated heterocycles. The molecule has 0 amide bonds. The van der Waals surface area contributed by atoms with Gasteiger partial charge in [-0.2, -0.15) is 5.10 Å². The molecule has 0 saturated carbocycles. The number of ether oxygens (including phenoxy) is 2. The summed E-state index contributed by atoms with van der Waals surface area (Å²) in [7, 11) is 1.56. The number of carbonyl (C=O) groups excluding carboxylic acids is 1. The Morgan fingerprint density at radius 2 is 2.50 bits per heavy atom. The van der Waals surface area contributed by atoms with Gasteiger partial charge in [-0.25, -0.2) is 0 Å². The zero-order chi connectivity index (χ0) is 13.0. The van der Waals surface area contributed by atoms with Crippen molar-refractivity contribution in [1.82, 2.24) is 9.78 Å². The molecule has 1 aliphatic rings. The zero-order valence-electron chi connectivity index (χ0n) is 11.0. The molecule has 1 atom stereocenters. The molecule has 1 aliphatic heterocycles. The van der Waals surface area contributed by atoms with Crippen molar-refractivity contribution in [2.24, 2.45) is 0 Å². The predicted octanol–water partition coefficient (Wildman–Crippen LogP) is 2.05. The first-order valence-electron chi connectivity index (χ1n) is 6.50. The number of hydrogen-bond donors (Lipinski definition) is 0. The molecule has 0 aliphatic carbocycles. The first-order chi connectivity index (χ1) is 8.76. The Hall–Kier alpha value is -1.36. The molecule has 5 nitrogen and oxygen atoms in total. The monoisotopic (exact) mass is 252 g/mol. The van der Waals surface area contributed by atoms with Gasteiger partial charge in [0.25, 0.3) is 0 Å². The number of rotatable bonds is 6. The van der Waals surface area contributed by atoms with Crippen molar-refractivity contribution in [3.05, 3.63) is 11.9 Å². The fraction of sp³-hybridized carbons (Fsp3) is 0.692. The van der Waals surface area contributed by atoms with E-state index in [0.717, 1.165) is 25.9 Å². The molecule has 2 heterocycles. The van der Waals surface area contributed by atoms with Gasteiger partial charge in [-0.1, -0.05) is 0 Å². The number of methoxy groups -OCH3 is 1. The minimum atomic E-state index is 0.0849. The van der Waals surface area contributed by atoms with Gasteiger partial charge in [-0.3, -0.25) is 9.48 Å². The van der Waals surface area contributed by atoms with Crippen molar-refractivity contribution in [1.29, 1.82) is 0 Å². The summed E-state index contributed by atoms with van der Waals surface area (Å²) < 4.78 is 12.4. The molecule has 0 radical (unpaired) electrons. The molecular formula is C13H20N2O3. The SMILES string of the molecule is CCn1ncc(OC)c1C(=O)CCC1CCCO1. The highest BCUT2D eigenvalue weighted by Crippen LogP contribution is 2.22. The van der Waals surface area contributed by atoms with E-state index in [1.165, 1.54) is 0 Å². The van der Waals surface area contributed by atoms with E-state index in [1.54, 1.807) is 18.0 Å². The molecule has 1 unspecified atom stereocenters. The summed E-state index contributed by atoms with van der Waals surface area (Å²) in [6, 6.07) is 0. The van der Waals surface area contributed by atoms with Gasteiger partial charge in [0.1, 0.15) is 5.69 Å². The van der Waals surface area contributed by atoms with Gasteiger partial charge in [0.05, 0.1) is 19.4 Å².